The van der Waals surface area contributed by atoms with Crippen molar-refractivity contribution in [2.24, 2.45) is 0 Å². The van der Waals surface area contributed by atoms with Crippen LogP contribution in [0.15, 0.2) is 36.4 Å². The fourth-order valence-corrected chi connectivity index (χ4v) is 3.57. The molecule has 27 heavy (non-hydrogen) atoms. The van der Waals surface area contributed by atoms with Crippen molar-refractivity contribution in [1.82, 2.24) is 15.5 Å². The van der Waals surface area contributed by atoms with Crippen LogP contribution in [0.5, 0.6) is 0 Å². The normalized spacial score (nSPS) is 18.0. The molecule has 8 heteroatoms. The molecule has 0 saturated carbocycles. The first kappa shape index (κ1) is 17.9. The molecule has 0 amide bonds. The molecule has 0 spiro atoms. The molecule has 1 aliphatic rings. The van der Waals surface area contributed by atoms with Crippen molar-refractivity contribution in [3.05, 3.63) is 52.2 Å². The van der Waals surface area contributed by atoms with E-state index in [0.717, 1.165) is 35.0 Å². The van der Waals surface area contributed by atoms with Gasteiger partial charge in [-0.3, -0.25) is 15.1 Å². The molecule has 1 fully saturated rings. The van der Waals surface area contributed by atoms with Crippen molar-refractivity contribution in [3.63, 3.8) is 0 Å². The van der Waals surface area contributed by atoms with Gasteiger partial charge in [0, 0.05) is 34.5 Å². The molecule has 0 aliphatic carbocycles. The van der Waals surface area contributed by atoms with Gasteiger partial charge in [-0.1, -0.05) is 17.7 Å². The number of benzene rings is 2. The number of fused-ring (bicyclic) bond motifs is 1. The summed E-state index contributed by atoms with van der Waals surface area (Å²) in [7, 11) is 0. The summed E-state index contributed by atoms with van der Waals surface area (Å²) in [6.45, 7) is 3.07. The predicted octanol–water partition coefficient (Wildman–Crippen LogP) is 2.16. The summed E-state index contributed by atoms with van der Waals surface area (Å²) < 4.78 is 0. The summed E-state index contributed by atoms with van der Waals surface area (Å²) in [5, 5.41) is 24.1. The number of nitrogens with one attached hydrogen (secondary N) is 4. The Morgan fingerprint density at radius 1 is 1.33 bits per heavy atom. The Hall–Kier alpha value is -2.45. The lowest BCUT2D eigenvalue weighted by Gasteiger charge is -2.27. The summed E-state index contributed by atoms with van der Waals surface area (Å²) in [4.78, 5) is 11.7. The first-order valence-electron chi connectivity index (χ1n) is 8.83. The van der Waals surface area contributed by atoms with Crippen LogP contribution in [0.4, 0.5) is 5.82 Å². The van der Waals surface area contributed by atoms with Gasteiger partial charge >= 0.3 is 0 Å². The van der Waals surface area contributed by atoms with E-state index in [2.05, 4.69) is 20.9 Å². The number of ketones is 1. The number of nitrogens with zero attached hydrogens (tertiary/aromatic N) is 1. The van der Waals surface area contributed by atoms with Gasteiger partial charge in [0.2, 0.25) is 5.82 Å². The molecule has 1 aromatic heterocycles. The van der Waals surface area contributed by atoms with Gasteiger partial charge in [0.1, 0.15) is 6.04 Å². The van der Waals surface area contributed by atoms with Crippen molar-refractivity contribution < 1.29 is 9.97 Å². The molecule has 1 aliphatic heterocycles. The first-order valence-corrected chi connectivity index (χ1v) is 9.21. The molecule has 2 atom stereocenters. The van der Waals surface area contributed by atoms with Gasteiger partial charge in [-0.2, -0.15) is 5.10 Å². The van der Waals surface area contributed by atoms with Crippen LogP contribution in [0.25, 0.3) is 22.0 Å². The molecule has 2 heterocycles. The summed E-state index contributed by atoms with van der Waals surface area (Å²) >= 11 is 6.36. The highest BCUT2D eigenvalue weighted by molar-refractivity contribution is 6.33. The van der Waals surface area contributed by atoms with Crippen LogP contribution in [-0.4, -0.2) is 35.1 Å². The first-order chi connectivity index (χ1) is 13.0. The molecular formula is C19H20ClN5O2. The van der Waals surface area contributed by atoms with E-state index in [1.807, 2.05) is 18.2 Å². The Balaban J connectivity index is 1.70. The lowest BCUT2D eigenvalue weighted by molar-refractivity contribution is -0.849. The van der Waals surface area contributed by atoms with Crippen LogP contribution in [-0.2, 0) is 0 Å². The number of carbonyl (C=O) groups excluding carboxylic acids is 1. The third-order valence-electron chi connectivity index (χ3n) is 4.92. The maximum absolute atomic E-state index is 12.4. The second kappa shape index (κ2) is 7.28. The van der Waals surface area contributed by atoms with E-state index < -0.39 is 0 Å². The number of H-pyrrole nitrogens is 1. The number of rotatable bonds is 5. The van der Waals surface area contributed by atoms with Crippen molar-refractivity contribution in [2.75, 3.05) is 18.5 Å². The predicted molar refractivity (Wildman–Crippen MR) is 106 cm³/mol. The number of carbonyl (C=O) groups is 1. The van der Waals surface area contributed by atoms with Crippen molar-refractivity contribution in [2.45, 2.75) is 19.4 Å². The zero-order valence-corrected chi connectivity index (χ0v) is 15.6. The molecule has 4 N–H and O–H groups in total. The Labute approximate surface area is 161 Å². The number of anilines is 1. The minimum atomic E-state index is -0.0402. The number of aromatic nitrogens is 2. The Bertz CT molecular complexity index is 997. The van der Waals surface area contributed by atoms with Gasteiger partial charge in [0.25, 0.3) is 0 Å². The standard InChI is InChI=1S/C19H20ClN5O2/c1-11(26)12-2-4-17(20)15(8-12)13-3-5-18-16(9-13)19(23-22-18)24-25(27)14-6-7-21-10-14/h2-5,8-9,14,21,25H,6-7,10H2,1H3,(H2,22,23,24)/t14-/m1/s1. The SMILES string of the molecule is CC(=O)c1ccc(Cl)c(-c2ccc3[nH]nc(N[NH+]([O-])[C@@H]4CCNC4)c3c2)c1. The zero-order valence-electron chi connectivity index (χ0n) is 14.8. The highest BCUT2D eigenvalue weighted by Gasteiger charge is 2.22. The van der Waals surface area contributed by atoms with Crippen LogP contribution in [0.1, 0.15) is 23.7 Å². The Morgan fingerprint density at radius 2 is 2.19 bits per heavy atom. The third-order valence-corrected chi connectivity index (χ3v) is 5.25. The lowest BCUT2D eigenvalue weighted by Crippen LogP contribution is -3.14. The highest BCUT2D eigenvalue weighted by Crippen LogP contribution is 2.32. The number of Topliss-reactive ketones (excluding diaryl/α,β-unsaturated/α-hetero) is 1. The molecule has 4 rings (SSSR count). The molecule has 2 aromatic carbocycles. The molecule has 0 bridgehead atoms. The summed E-state index contributed by atoms with van der Waals surface area (Å²) in [6, 6.07) is 10.9. The minimum Gasteiger partial charge on any atom is -0.608 e. The summed E-state index contributed by atoms with van der Waals surface area (Å²) in [5.41, 5.74) is 5.96. The fraction of sp³-hybridized carbons (Fsp3) is 0.263. The molecule has 7 nitrogen and oxygen atoms in total. The van der Waals surface area contributed by atoms with Crippen LogP contribution >= 0.6 is 11.6 Å². The largest absolute Gasteiger partial charge is 0.608 e. The smallest absolute Gasteiger partial charge is 0.202 e. The van der Waals surface area contributed by atoms with Gasteiger partial charge in [0.05, 0.1) is 12.1 Å². The van der Waals surface area contributed by atoms with E-state index in [1.54, 1.807) is 18.2 Å². The van der Waals surface area contributed by atoms with Crippen molar-refractivity contribution in [1.29, 1.82) is 0 Å². The van der Waals surface area contributed by atoms with Gasteiger partial charge in [-0.05, 0) is 42.8 Å². The second-order valence-electron chi connectivity index (χ2n) is 6.76. The number of halogens is 1. The van der Waals surface area contributed by atoms with Crippen LogP contribution in [0.3, 0.4) is 0 Å². The van der Waals surface area contributed by atoms with Crippen molar-refractivity contribution in [3.8, 4) is 11.1 Å². The fourth-order valence-electron chi connectivity index (χ4n) is 3.34. The van der Waals surface area contributed by atoms with Crippen molar-refractivity contribution >= 4 is 34.1 Å². The van der Waals surface area contributed by atoms with Gasteiger partial charge in [-0.25, -0.2) is 5.43 Å². The molecule has 0 radical (unpaired) electrons. The summed E-state index contributed by atoms with van der Waals surface area (Å²) in [6.07, 6.45) is 0.826. The number of hydroxylamine groups is 1. The van der Waals surface area contributed by atoms with E-state index in [9.17, 15) is 10.0 Å². The second-order valence-corrected chi connectivity index (χ2v) is 7.17. The molecular weight excluding hydrogens is 366 g/mol. The maximum atomic E-state index is 12.4. The quantitative estimate of drug-likeness (QED) is 0.398. The average Bonchev–Trinajstić information content (AvgIpc) is 3.32. The topological polar surface area (TPSA) is 97.3 Å². The van der Waals surface area contributed by atoms with Crippen LogP contribution in [0.2, 0.25) is 5.02 Å². The molecule has 1 saturated heterocycles. The molecule has 3 aromatic rings. The van der Waals surface area contributed by atoms with Gasteiger partial charge < -0.3 is 10.5 Å². The highest BCUT2D eigenvalue weighted by atomic mass is 35.5. The minimum absolute atomic E-state index is 0.0181. The molecule has 140 valence electrons. The van der Waals surface area contributed by atoms with Crippen LogP contribution < -0.4 is 15.9 Å². The Morgan fingerprint density at radius 3 is 2.93 bits per heavy atom. The number of quaternary nitrogens is 1. The van der Waals surface area contributed by atoms with E-state index in [1.165, 1.54) is 6.92 Å². The Kier molecular flexibility index (Phi) is 4.84. The lowest BCUT2D eigenvalue weighted by atomic mass is 10.0. The van der Waals surface area contributed by atoms with Gasteiger partial charge in [0.15, 0.2) is 5.78 Å². The zero-order chi connectivity index (χ0) is 19.0. The molecule has 1 unspecified atom stereocenters. The maximum Gasteiger partial charge on any atom is 0.202 e. The van der Waals surface area contributed by atoms with Crippen LogP contribution in [0, 0.1) is 5.21 Å². The van der Waals surface area contributed by atoms with E-state index in [0.29, 0.717) is 22.9 Å². The van der Waals surface area contributed by atoms with E-state index >= 15 is 0 Å². The number of hydrogen-bond acceptors (Lipinski definition) is 5. The van der Waals surface area contributed by atoms with Gasteiger partial charge in [-0.15, -0.1) is 0 Å². The van der Waals surface area contributed by atoms with E-state index in [4.69, 9.17) is 11.6 Å². The van der Waals surface area contributed by atoms with E-state index in [-0.39, 0.29) is 17.0 Å². The summed E-state index contributed by atoms with van der Waals surface area (Å²) in [5.74, 6) is 0.484. The average molecular weight is 386 g/mol. The monoisotopic (exact) mass is 385 g/mol. The number of aromatic amines is 1. The number of hydrogen-bond donors (Lipinski definition) is 4. The third kappa shape index (κ3) is 3.54.